The molecule has 30 heavy (non-hydrogen) atoms. The average molecular weight is 420 g/mol. The molecule has 0 saturated carbocycles. The number of hydrogen-bond acceptors (Lipinski definition) is 6. The number of nitrogens with zero attached hydrogens (tertiary/aromatic N) is 2. The lowest BCUT2D eigenvalue weighted by molar-refractivity contribution is -0.132. The molecule has 0 bridgehead atoms. The first kappa shape index (κ1) is 19.8. The summed E-state index contributed by atoms with van der Waals surface area (Å²) in [5, 5.41) is 13.2. The number of anilines is 1. The molecule has 0 spiro atoms. The number of hydrogen-bond donors (Lipinski definition) is 1. The van der Waals surface area contributed by atoms with Crippen LogP contribution in [0.25, 0.3) is 5.76 Å². The van der Waals surface area contributed by atoms with Gasteiger partial charge in [0.05, 0.1) is 18.7 Å². The first-order chi connectivity index (χ1) is 14.5. The van der Waals surface area contributed by atoms with Crippen molar-refractivity contribution in [2.24, 2.45) is 0 Å². The van der Waals surface area contributed by atoms with Gasteiger partial charge in [-0.15, -0.1) is 11.3 Å². The lowest BCUT2D eigenvalue weighted by Gasteiger charge is -2.23. The summed E-state index contributed by atoms with van der Waals surface area (Å²) in [5.74, 6) is -1.15. The molecule has 1 aliphatic heterocycles. The van der Waals surface area contributed by atoms with Crippen LogP contribution in [0.5, 0.6) is 5.75 Å². The summed E-state index contributed by atoms with van der Waals surface area (Å²) in [6, 6.07) is 13.7. The minimum atomic E-state index is -0.770. The van der Waals surface area contributed by atoms with E-state index < -0.39 is 17.7 Å². The van der Waals surface area contributed by atoms with E-state index in [2.05, 4.69) is 11.9 Å². The number of rotatable bonds is 5. The van der Waals surface area contributed by atoms with Crippen LogP contribution in [-0.4, -0.2) is 28.9 Å². The Hall–Kier alpha value is -3.45. The molecule has 0 aliphatic carbocycles. The lowest BCUT2D eigenvalue weighted by atomic mass is 9.94. The van der Waals surface area contributed by atoms with Crippen molar-refractivity contribution in [1.82, 2.24) is 4.98 Å². The average Bonchev–Trinajstić information content (AvgIpc) is 3.40. The van der Waals surface area contributed by atoms with Gasteiger partial charge in [0.1, 0.15) is 11.5 Å². The van der Waals surface area contributed by atoms with Crippen molar-refractivity contribution < 1.29 is 19.4 Å². The molecule has 0 radical (unpaired) electrons. The molecule has 1 amide bonds. The highest BCUT2D eigenvalue weighted by Crippen LogP contribution is 2.42. The maximum absolute atomic E-state index is 13.0. The van der Waals surface area contributed by atoms with Crippen LogP contribution in [0.3, 0.4) is 0 Å². The second-order valence-electron chi connectivity index (χ2n) is 6.81. The molecule has 3 aromatic rings. The second kappa shape index (κ2) is 8.12. The van der Waals surface area contributed by atoms with E-state index in [1.807, 2.05) is 24.3 Å². The predicted octanol–water partition coefficient (Wildman–Crippen LogP) is 4.34. The summed E-state index contributed by atoms with van der Waals surface area (Å²) in [5.41, 5.74) is 2.30. The van der Waals surface area contributed by atoms with Crippen molar-refractivity contribution in [3.63, 3.8) is 0 Å². The molecule has 1 aromatic heterocycles. The number of aryl methyl sites for hydroxylation is 1. The normalized spacial score (nSPS) is 18.1. The van der Waals surface area contributed by atoms with Crippen molar-refractivity contribution in [3.8, 4) is 5.75 Å². The van der Waals surface area contributed by atoms with E-state index in [9.17, 15) is 14.7 Å². The maximum atomic E-state index is 13.0. The third kappa shape index (κ3) is 3.37. The van der Waals surface area contributed by atoms with Gasteiger partial charge in [-0.3, -0.25) is 14.5 Å². The number of aromatic nitrogens is 1. The van der Waals surface area contributed by atoms with E-state index >= 15 is 0 Å². The Morgan fingerprint density at radius 1 is 1.20 bits per heavy atom. The number of aliphatic hydroxyl groups is 1. The van der Waals surface area contributed by atoms with Crippen LogP contribution in [0.2, 0.25) is 0 Å². The van der Waals surface area contributed by atoms with Crippen LogP contribution in [-0.2, 0) is 16.0 Å². The van der Waals surface area contributed by atoms with Crippen LogP contribution in [0.15, 0.2) is 65.7 Å². The quantitative estimate of drug-likeness (QED) is 0.377. The monoisotopic (exact) mass is 420 g/mol. The SMILES string of the molecule is CCc1ccc(C2C(=C(O)c3cccc(OC)c3)C(=O)C(=O)N2c2nccs2)cc1. The molecule has 2 aromatic carbocycles. The second-order valence-corrected chi connectivity index (χ2v) is 7.68. The molecule has 1 N–H and O–H groups in total. The minimum absolute atomic E-state index is 0.0349. The molecule has 152 valence electrons. The van der Waals surface area contributed by atoms with Gasteiger partial charge in [0, 0.05) is 17.1 Å². The number of benzene rings is 2. The highest BCUT2D eigenvalue weighted by Gasteiger charge is 2.47. The first-order valence-electron chi connectivity index (χ1n) is 9.49. The third-order valence-corrected chi connectivity index (χ3v) is 5.89. The molecule has 1 saturated heterocycles. The molecule has 4 rings (SSSR count). The highest BCUT2D eigenvalue weighted by atomic mass is 32.1. The van der Waals surface area contributed by atoms with Crippen molar-refractivity contribution in [2.75, 3.05) is 12.0 Å². The molecule has 7 heteroatoms. The number of thiazole rings is 1. The molecular weight excluding hydrogens is 400 g/mol. The van der Waals surface area contributed by atoms with Gasteiger partial charge in [-0.2, -0.15) is 0 Å². The Labute approximate surface area is 178 Å². The molecular formula is C23H20N2O4S. The smallest absolute Gasteiger partial charge is 0.301 e. The Morgan fingerprint density at radius 2 is 1.97 bits per heavy atom. The van der Waals surface area contributed by atoms with Gasteiger partial charge in [0.15, 0.2) is 5.13 Å². The molecule has 2 heterocycles. The fourth-order valence-corrected chi connectivity index (χ4v) is 4.21. The summed E-state index contributed by atoms with van der Waals surface area (Å²) >= 11 is 1.27. The Kier molecular flexibility index (Phi) is 5.37. The van der Waals surface area contributed by atoms with E-state index in [0.717, 1.165) is 17.5 Å². The molecule has 6 nitrogen and oxygen atoms in total. The zero-order valence-electron chi connectivity index (χ0n) is 16.5. The van der Waals surface area contributed by atoms with Crippen LogP contribution < -0.4 is 9.64 Å². The highest BCUT2D eigenvalue weighted by molar-refractivity contribution is 7.14. The summed E-state index contributed by atoms with van der Waals surface area (Å²) in [4.78, 5) is 31.6. The summed E-state index contributed by atoms with van der Waals surface area (Å²) in [6.45, 7) is 2.06. The number of amides is 1. The van der Waals surface area contributed by atoms with Gasteiger partial charge >= 0.3 is 5.91 Å². The van der Waals surface area contributed by atoms with Gasteiger partial charge < -0.3 is 9.84 Å². The number of aliphatic hydroxyl groups excluding tert-OH is 1. The largest absolute Gasteiger partial charge is 0.507 e. The number of ether oxygens (including phenoxy) is 1. The standard InChI is InChI=1S/C23H20N2O4S/c1-3-14-7-9-15(10-8-14)19-18(20(26)16-5-4-6-17(13-16)29-2)21(27)22(28)25(19)23-24-11-12-30-23/h4-13,19,26H,3H2,1-2H3. The van der Waals surface area contributed by atoms with Gasteiger partial charge in [-0.05, 0) is 29.7 Å². The van der Waals surface area contributed by atoms with Crippen molar-refractivity contribution >= 4 is 33.9 Å². The van der Waals surface area contributed by atoms with Gasteiger partial charge in [0.2, 0.25) is 0 Å². The van der Waals surface area contributed by atoms with Crippen LogP contribution in [0, 0.1) is 0 Å². The van der Waals surface area contributed by atoms with E-state index in [0.29, 0.717) is 16.4 Å². The zero-order valence-corrected chi connectivity index (χ0v) is 17.3. The molecule has 1 atom stereocenters. The fourth-order valence-electron chi connectivity index (χ4n) is 3.54. The van der Waals surface area contributed by atoms with Crippen molar-refractivity contribution in [2.45, 2.75) is 19.4 Å². The van der Waals surface area contributed by atoms with Crippen molar-refractivity contribution in [3.05, 3.63) is 82.4 Å². The topological polar surface area (TPSA) is 79.7 Å². The minimum Gasteiger partial charge on any atom is -0.507 e. The Bertz CT molecular complexity index is 1120. The Morgan fingerprint density at radius 3 is 2.60 bits per heavy atom. The number of methoxy groups -OCH3 is 1. The first-order valence-corrected chi connectivity index (χ1v) is 10.4. The van der Waals surface area contributed by atoms with Crippen LogP contribution >= 0.6 is 11.3 Å². The maximum Gasteiger partial charge on any atom is 0.301 e. The lowest BCUT2D eigenvalue weighted by Crippen LogP contribution is -2.29. The van der Waals surface area contributed by atoms with Gasteiger partial charge in [0.25, 0.3) is 5.78 Å². The van der Waals surface area contributed by atoms with E-state index in [-0.39, 0.29) is 11.3 Å². The van der Waals surface area contributed by atoms with E-state index in [1.165, 1.54) is 23.3 Å². The van der Waals surface area contributed by atoms with Crippen molar-refractivity contribution in [1.29, 1.82) is 0 Å². The fraction of sp³-hybridized carbons (Fsp3) is 0.174. The molecule has 1 fully saturated rings. The number of carbonyl (C=O) groups excluding carboxylic acids is 2. The predicted molar refractivity (Wildman–Crippen MR) is 116 cm³/mol. The zero-order chi connectivity index (χ0) is 21.3. The molecule has 1 aliphatic rings. The van der Waals surface area contributed by atoms with E-state index in [4.69, 9.17) is 4.74 Å². The summed E-state index contributed by atoms with van der Waals surface area (Å²) in [7, 11) is 1.52. The molecule has 1 unspecified atom stereocenters. The van der Waals surface area contributed by atoms with E-state index in [1.54, 1.807) is 35.8 Å². The number of Topliss-reactive ketones (excluding diaryl/α,β-unsaturated/α-hetero) is 1. The third-order valence-electron chi connectivity index (χ3n) is 5.12. The number of carbonyl (C=O) groups is 2. The van der Waals surface area contributed by atoms with Crippen LogP contribution in [0.1, 0.15) is 29.7 Å². The van der Waals surface area contributed by atoms with Crippen LogP contribution in [0.4, 0.5) is 5.13 Å². The summed E-state index contributed by atoms with van der Waals surface area (Å²) < 4.78 is 5.23. The summed E-state index contributed by atoms with van der Waals surface area (Å²) in [6.07, 6.45) is 2.45. The Balaban J connectivity index is 1.91. The van der Waals surface area contributed by atoms with Gasteiger partial charge in [-0.25, -0.2) is 4.98 Å². The number of ketones is 1. The van der Waals surface area contributed by atoms with Gasteiger partial charge in [-0.1, -0.05) is 43.3 Å².